The largest absolute Gasteiger partial charge is 0.289 e. The number of hydrogen-bond donors (Lipinski definition) is 1. The van der Waals surface area contributed by atoms with E-state index in [4.69, 9.17) is 23.2 Å². The molecule has 0 aliphatic heterocycles. The number of benzene rings is 3. The molecule has 0 saturated heterocycles. The number of anilines is 1. The molecule has 0 saturated carbocycles. The minimum atomic E-state index is -4.48. The van der Waals surface area contributed by atoms with Crippen LogP contribution in [0, 0.1) is 10.1 Å². The van der Waals surface area contributed by atoms with E-state index in [-0.39, 0.29) is 5.69 Å². The molecule has 9 nitrogen and oxygen atoms in total. The highest BCUT2D eigenvalue weighted by molar-refractivity contribution is 7.93. The molecular formula is C21H16Cl2N4O5S. The van der Waals surface area contributed by atoms with Gasteiger partial charge in [0, 0.05) is 11.6 Å². The standard InChI is InChI=1S/C21H16Cl2N4O5S/c22-17-9-6-10-18(23)16(17)13-24-25-21(28)14-26(15-7-2-1-3-8-15)33(31,32)20-12-5-4-11-19(20)27(29)30/h1-13H,14H2,(H,25,28)/b24-13-. The predicted octanol–water partition coefficient (Wildman–Crippen LogP) is 4.25. The van der Waals surface area contributed by atoms with E-state index >= 15 is 0 Å². The molecule has 0 spiro atoms. The summed E-state index contributed by atoms with van der Waals surface area (Å²) >= 11 is 12.1. The molecule has 1 N–H and O–H groups in total. The van der Waals surface area contributed by atoms with E-state index in [1.807, 2.05) is 0 Å². The van der Waals surface area contributed by atoms with Crippen LogP contribution in [0.2, 0.25) is 10.0 Å². The number of carbonyl (C=O) groups is 1. The van der Waals surface area contributed by atoms with Crippen LogP contribution in [0.5, 0.6) is 0 Å². The van der Waals surface area contributed by atoms with E-state index in [0.29, 0.717) is 15.6 Å². The minimum Gasteiger partial charge on any atom is -0.271 e. The van der Waals surface area contributed by atoms with Crippen molar-refractivity contribution >= 4 is 56.7 Å². The fourth-order valence-corrected chi connectivity index (χ4v) is 4.90. The Morgan fingerprint density at radius 3 is 2.24 bits per heavy atom. The van der Waals surface area contributed by atoms with E-state index in [1.165, 1.54) is 30.5 Å². The molecule has 0 atom stereocenters. The normalized spacial score (nSPS) is 11.3. The molecule has 1 amide bonds. The minimum absolute atomic E-state index is 0.143. The number of hydrazone groups is 1. The van der Waals surface area contributed by atoms with Gasteiger partial charge in [-0.3, -0.25) is 19.2 Å². The number of rotatable bonds is 8. The zero-order valence-electron chi connectivity index (χ0n) is 16.8. The molecular weight excluding hydrogens is 491 g/mol. The van der Waals surface area contributed by atoms with Crippen molar-refractivity contribution in [2.24, 2.45) is 5.10 Å². The van der Waals surface area contributed by atoms with Crippen LogP contribution < -0.4 is 9.73 Å². The summed E-state index contributed by atoms with van der Waals surface area (Å²) in [6.45, 7) is -0.689. The molecule has 0 aromatic heterocycles. The molecule has 12 heteroatoms. The lowest BCUT2D eigenvalue weighted by Gasteiger charge is -2.23. The first-order valence-corrected chi connectivity index (χ1v) is 11.5. The van der Waals surface area contributed by atoms with Crippen molar-refractivity contribution in [3.05, 3.63) is 98.5 Å². The third-order valence-electron chi connectivity index (χ3n) is 4.34. The van der Waals surface area contributed by atoms with Gasteiger partial charge in [-0.2, -0.15) is 5.10 Å². The molecule has 0 aliphatic carbocycles. The Kier molecular flexibility index (Phi) is 7.64. The van der Waals surface area contributed by atoms with Crippen molar-refractivity contribution in [1.82, 2.24) is 5.43 Å². The van der Waals surface area contributed by atoms with Gasteiger partial charge in [0.1, 0.15) is 6.54 Å². The Hall–Kier alpha value is -3.47. The average molecular weight is 507 g/mol. The Labute approximate surface area is 199 Å². The van der Waals surface area contributed by atoms with Gasteiger partial charge in [0.05, 0.1) is 26.9 Å². The van der Waals surface area contributed by atoms with E-state index in [9.17, 15) is 23.3 Å². The van der Waals surface area contributed by atoms with Crippen molar-refractivity contribution in [2.75, 3.05) is 10.8 Å². The zero-order valence-corrected chi connectivity index (χ0v) is 19.1. The van der Waals surface area contributed by atoms with Gasteiger partial charge in [0.2, 0.25) is 0 Å². The smallest absolute Gasteiger partial charge is 0.271 e. The Balaban J connectivity index is 1.91. The first-order chi connectivity index (χ1) is 15.7. The van der Waals surface area contributed by atoms with Gasteiger partial charge in [0.15, 0.2) is 4.90 Å². The highest BCUT2D eigenvalue weighted by atomic mass is 35.5. The molecule has 0 bridgehead atoms. The summed E-state index contributed by atoms with van der Waals surface area (Å²) in [5.74, 6) is -0.791. The molecule has 0 fully saturated rings. The van der Waals surface area contributed by atoms with Crippen molar-refractivity contribution in [3.8, 4) is 0 Å². The SMILES string of the molecule is O=C(CN(c1ccccc1)S(=O)(=O)c1ccccc1[N+](=O)[O-])N/N=C\c1c(Cl)cccc1Cl. The topological polar surface area (TPSA) is 122 Å². The number of para-hydroxylation sites is 2. The van der Waals surface area contributed by atoms with Crippen LogP contribution in [0.4, 0.5) is 11.4 Å². The quantitative estimate of drug-likeness (QED) is 0.278. The van der Waals surface area contributed by atoms with Crippen molar-refractivity contribution in [1.29, 1.82) is 0 Å². The number of nitrogens with one attached hydrogen (secondary N) is 1. The van der Waals surface area contributed by atoms with Gasteiger partial charge >= 0.3 is 0 Å². The maximum Gasteiger partial charge on any atom is 0.289 e. The summed E-state index contributed by atoms with van der Waals surface area (Å²) in [7, 11) is -4.48. The maximum atomic E-state index is 13.3. The number of nitrogens with zero attached hydrogens (tertiary/aromatic N) is 3. The molecule has 0 unspecified atom stereocenters. The van der Waals surface area contributed by atoms with Crippen LogP contribution in [0.1, 0.15) is 5.56 Å². The second-order valence-corrected chi connectivity index (χ2v) is 9.15. The lowest BCUT2D eigenvalue weighted by Crippen LogP contribution is -2.39. The number of nitro groups is 1. The second kappa shape index (κ2) is 10.4. The third kappa shape index (κ3) is 5.67. The van der Waals surface area contributed by atoms with Crippen molar-refractivity contribution in [2.45, 2.75) is 4.90 Å². The molecule has 0 radical (unpaired) electrons. The van der Waals surface area contributed by atoms with E-state index in [2.05, 4.69) is 10.5 Å². The second-order valence-electron chi connectivity index (χ2n) is 6.50. The summed E-state index contributed by atoms with van der Waals surface area (Å²) in [6.07, 6.45) is 1.23. The monoisotopic (exact) mass is 506 g/mol. The summed E-state index contributed by atoms with van der Waals surface area (Å²) in [6, 6.07) is 17.5. The molecule has 3 rings (SSSR count). The summed E-state index contributed by atoms with van der Waals surface area (Å²) < 4.78 is 27.5. The van der Waals surface area contributed by atoms with Gasteiger partial charge in [-0.1, -0.05) is 59.6 Å². The van der Waals surface area contributed by atoms with Gasteiger partial charge in [-0.15, -0.1) is 0 Å². The summed E-state index contributed by atoms with van der Waals surface area (Å²) in [5, 5.41) is 15.8. The van der Waals surface area contributed by atoms with Crippen LogP contribution >= 0.6 is 23.2 Å². The van der Waals surface area contributed by atoms with Gasteiger partial charge in [-0.05, 0) is 30.3 Å². The zero-order chi connectivity index (χ0) is 24.0. The van der Waals surface area contributed by atoms with E-state index < -0.39 is 38.0 Å². The summed E-state index contributed by atoms with van der Waals surface area (Å²) in [5.41, 5.74) is 2.13. The van der Waals surface area contributed by atoms with Crippen LogP contribution in [-0.2, 0) is 14.8 Å². The fraction of sp³-hybridized carbons (Fsp3) is 0.0476. The number of sulfonamides is 1. The first kappa shape index (κ1) is 24.2. The number of amides is 1. The van der Waals surface area contributed by atoms with Gasteiger partial charge in [0.25, 0.3) is 21.6 Å². The molecule has 0 heterocycles. The molecule has 170 valence electrons. The number of halogens is 2. The Morgan fingerprint density at radius 2 is 1.61 bits per heavy atom. The Bertz CT molecular complexity index is 1300. The number of carbonyl (C=O) groups excluding carboxylic acids is 1. The molecule has 0 aliphatic rings. The maximum absolute atomic E-state index is 13.3. The van der Waals surface area contributed by atoms with Crippen LogP contribution in [0.15, 0.2) is 82.8 Å². The van der Waals surface area contributed by atoms with Crippen LogP contribution in [0.3, 0.4) is 0 Å². The lowest BCUT2D eigenvalue weighted by molar-refractivity contribution is -0.387. The van der Waals surface area contributed by atoms with Crippen molar-refractivity contribution < 1.29 is 18.1 Å². The van der Waals surface area contributed by atoms with E-state index in [1.54, 1.807) is 36.4 Å². The highest BCUT2D eigenvalue weighted by Gasteiger charge is 2.33. The predicted molar refractivity (Wildman–Crippen MR) is 126 cm³/mol. The average Bonchev–Trinajstić information content (AvgIpc) is 2.80. The highest BCUT2D eigenvalue weighted by Crippen LogP contribution is 2.29. The molecule has 3 aromatic rings. The summed E-state index contributed by atoms with van der Waals surface area (Å²) in [4.78, 5) is 22.6. The van der Waals surface area contributed by atoms with Crippen LogP contribution in [0.25, 0.3) is 0 Å². The number of hydrogen-bond acceptors (Lipinski definition) is 6. The first-order valence-electron chi connectivity index (χ1n) is 9.29. The Morgan fingerprint density at radius 1 is 1.00 bits per heavy atom. The van der Waals surface area contributed by atoms with Crippen LogP contribution in [-0.4, -0.2) is 32.0 Å². The van der Waals surface area contributed by atoms with E-state index in [0.717, 1.165) is 16.4 Å². The molecule has 33 heavy (non-hydrogen) atoms. The fourth-order valence-electron chi connectivity index (χ4n) is 2.82. The molecule has 3 aromatic carbocycles. The van der Waals surface area contributed by atoms with Gasteiger partial charge in [-0.25, -0.2) is 13.8 Å². The van der Waals surface area contributed by atoms with Crippen molar-refractivity contribution in [3.63, 3.8) is 0 Å². The number of nitro benzene ring substituents is 1. The third-order valence-corrected chi connectivity index (χ3v) is 6.82. The van der Waals surface area contributed by atoms with Gasteiger partial charge < -0.3 is 0 Å². The lowest BCUT2D eigenvalue weighted by atomic mass is 10.2.